The summed E-state index contributed by atoms with van der Waals surface area (Å²) in [5.74, 6) is -5.13. The summed E-state index contributed by atoms with van der Waals surface area (Å²) in [6.45, 7) is 3.27. The Kier molecular flexibility index (Phi) is 4.15. The second-order valence-electron chi connectivity index (χ2n) is 8.68. The van der Waals surface area contributed by atoms with E-state index in [0.29, 0.717) is 11.0 Å². The third kappa shape index (κ3) is 3.28. The standard InChI is InChI=1S/C21H24F2N4O2/c1-13(18(28)27-11-9-20(7-8-20)10-12-27)24-19-26-25-17(29-19)16-15(21(16,22)23)14-5-3-2-4-6-14/h2-6,13,15-16H,7-12H2,1H3,(H,24,26)/t13-,15-,16-/m1/s1. The third-order valence-electron chi connectivity index (χ3n) is 6.72. The summed E-state index contributed by atoms with van der Waals surface area (Å²) < 4.78 is 34.1. The van der Waals surface area contributed by atoms with Crippen molar-refractivity contribution in [3.63, 3.8) is 0 Å². The highest BCUT2D eigenvalue weighted by Gasteiger charge is 2.72. The molecule has 3 fully saturated rings. The van der Waals surface area contributed by atoms with Crippen LogP contribution >= 0.6 is 0 Å². The first kappa shape index (κ1) is 18.5. The minimum absolute atomic E-state index is 0.00559. The van der Waals surface area contributed by atoms with Crippen LogP contribution in [0.25, 0.3) is 0 Å². The number of halogens is 2. The number of hydrogen-bond donors (Lipinski definition) is 1. The van der Waals surface area contributed by atoms with Crippen molar-refractivity contribution < 1.29 is 18.0 Å². The van der Waals surface area contributed by atoms with Crippen molar-refractivity contribution in [3.05, 3.63) is 41.8 Å². The lowest BCUT2D eigenvalue weighted by Crippen LogP contribution is -2.45. The van der Waals surface area contributed by atoms with Crippen LogP contribution in [0.2, 0.25) is 0 Å². The Hall–Kier alpha value is -2.51. The van der Waals surface area contributed by atoms with Crippen LogP contribution in [-0.4, -0.2) is 46.1 Å². The molecule has 2 saturated carbocycles. The third-order valence-corrected chi connectivity index (χ3v) is 6.72. The fourth-order valence-electron chi connectivity index (χ4n) is 4.53. The molecule has 1 saturated heterocycles. The van der Waals surface area contributed by atoms with E-state index >= 15 is 0 Å². The van der Waals surface area contributed by atoms with Gasteiger partial charge in [0.15, 0.2) is 0 Å². The van der Waals surface area contributed by atoms with Gasteiger partial charge in [0.05, 0.1) is 5.92 Å². The van der Waals surface area contributed by atoms with E-state index < -0.39 is 23.8 Å². The Labute approximate surface area is 167 Å². The maximum Gasteiger partial charge on any atom is 0.316 e. The van der Waals surface area contributed by atoms with E-state index in [4.69, 9.17) is 4.42 Å². The molecule has 0 unspecified atom stereocenters. The summed E-state index contributed by atoms with van der Waals surface area (Å²) in [5, 5.41) is 10.5. The summed E-state index contributed by atoms with van der Waals surface area (Å²) in [6, 6.07) is 8.07. The summed E-state index contributed by atoms with van der Waals surface area (Å²) in [6.07, 6.45) is 4.69. The first-order valence-corrected chi connectivity index (χ1v) is 10.2. The molecule has 5 rings (SSSR count). The number of nitrogens with one attached hydrogen (secondary N) is 1. The van der Waals surface area contributed by atoms with E-state index in [9.17, 15) is 13.6 Å². The normalized spacial score (nSPS) is 27.5. The predicted octanol–water partition coefficient (Wildman–Crippen LogP) is 3.79. The largest absolute Gasteiger partial charge is 0.408 e. The molecule has 2 heterocycles. The fraction of sp³-hybridized carbons (Fsp3) is 0.571. The molecule has 1 aromatic heterocycles. The van der Waals surface area contributed by atoms with Crippen LogP contribution in [0.15, 0.2) is 34.7 Å². The van der Waals surface area contributed by atoms with Crippen LogP contribution in [0.5, 0.6) is 0 Å². The Morgan fingerprint density at radius 1 is 1.14 bits per heavy atom. The summed E-state index contributed by atoms with van der Waals surface area (Å²) in [4.78, 5) is 14.5. The fourth-order valence-corrected chi connectivity index (χ4v) is 4.53. The van der Waals surface area contributed by atoms with Crippen molar-refractivity contribution >= 4 is 11.9 Å². The number of piperidine rings is 1. The van der Waals surface area contributed by atoms with Crippen LogP contribution in [0, 0.1) is 5.41 Å². The molecule has 8 heteroatoms. The van der Waals surface area contributed by atoms with Gasteiger partial charge in [0.1, 0.15) is 12.0 Å². The van der Waals surface area contributed by atoms with Crippen molar-refractivity contribution in [2.45, 2.75) is 56.4 Å². The van der Waals surface area contributed by atoms with Crippen LogP contribution in [0.3, 0.4) is 0 Å². The van der Waals surface area contributed by atoms with Crippen molar-refractivity contribution in [1.82, 2.24) is 15.1 Å². The van der Waals surface area contributed by atoms with Crippen molar-refractivity contribution in [2.75, 3.05) is 18.4 Å². The van der Waals surface area contributed by atoms with Crippen molar-refractivity contribution in [1.29, 1.82) is 0 Å². The zero-order valence-corrected chi connectivity index (χ0v) is 16.3. The topological polar surface area (TPSA) is 71.3 Å². The van der Waals surface area contributed by atoms with Crippen molar-refractivity contribution in [2.24, 2.45) is 5.41 Å². The van der Waals surface area contributed by atoms with Crippen LogP contribution in [0.1, 0.15) is 55.9 Å². The Morgan fingerprint density at radius 2 is 1.83 bits per heavy atom. The second-order valence-corrected chi connectivity index (χ2v) is 8.68. The quantitative estimate of drug-likeness (QED) is 0.824. The molecule has 3 aliphatic rings. The number of rotatable bonds is 5. The highest BCUT2D eigenvalue weighted by Crippen LogP contribution is 2.66. The molecule has 0 bridgehead atoms. The lowest BCUT2D eigenvalue weighted by atomic mass is 9.93. The number of nitrogens with zero attached hydrogens (tertiary/aromatic N) is 3. The average molecular weight is 402 g/mol. The number of aromatic nitrogens is 2. The molecule has 1 spiro atoms. The second kappa shape index (κ2) is 6.50. The van der Waals surface area contributed by atoms with Gasteiger partial charge in [-0.2, -0.15) is 0 Å². The molecule has 154 valence electrons. The smallest absolute Gasteiger partial charge is 0.316 e. The van der Waals surface area contributed by atoms with Gasteiger partial charge in [0, 0.05) is 13.1 Å². The molecule has 1 aromatic carbocycles. The summed E-state index contributed by atoms with van der Waals surface area (Å²) in [7, 11) is 0. The maximum absolute atomic E-state index is 14.3. The molecular formula is C21H24F2N4O2. The van der Waals surface area contributed by atoms with Gasteiger partial charge in [-0.25, -0.2) is 8.78 Å². The van der Waals surface area contributed by atoms with Gasteiger partial charge < -0.3 is 14.6 Å². The zero-order valence-electron chi connectivity index (χ0n) is 16.3. The van der Waals surface area contributed by atoms with Gasteiger partial charge in [-0.1, -0.05) is 35.4 Å². The number of amides is 1. The number of carbonyl (C=O) groups excluding carboxylic acids is 1. The molecule has 1 aliphatic heterocycles. The predicted molar refractivity (Wildman–Crippen MR) is 102 cm³/mol. The summed E-state index contributed by atoms with van der Waals surface area (Å²) >= 11 is 0. The zero-order chi connectivity index (χ0) is 20.2. The number of alkyl halides is 2. The molecule has 1 amide bonds. The molecule has 2 aromatic rings. The Bertz CT molecular complexity index is 902. The minimum atomic E-state index is -2.92. The minimum Gasteiger partial charge on any atom is -0.408 e. The SMILES string of the molecule is C[C@@H](Nc1nnc([C@H]2[C@@H](c3ccccc3)C2(F)F)o1)C(=O)N1CCC2(CC1)CC2. The number of likely N-dealkylation sites (tertiary alicyclic amines) is 1. The van der Waals surface area contributed by atoms with E-state index in [1.165, 1.54) is 12.8 Å². The summed E-state index contributed by atoms with van der Waals surface area (Å²) in [5.41, 5.74) is 1.05. The van der Waals surface area contributed by atoms with Gasteiger partial charge in [0.2, 0.25) is 11.8 Å². The number of benzene rings is 1. The van der Waals surface area contributed by atoms with Crippen LogP contribution < -0.4 is 5.32 Å². The van der Waals surface area contributed by atoms with Gasteiger partial charge in [-0.05, 0) is 43.6 Å². The number of hydrogen-bond acceptors (Lipinski definition) is 5. The lowest BCUT2D eigenvalue weighted by molar-refractivity contribution is -0.133. The highest BCUT2D eigenvalue weighted by atomic mass is 19.3. The lowest BCUT2D eigenvalue weighted by Gasteiger charge is -2.33. The van der Waals surface area contributed by atoms with E-state index in [-0.39, 0.29) is 17.8 Å². The van der Waals surface area contributed by atoms with E-state index in [1.807, 2.05) is 4.90 Å². The van der Waals surface area contributed by atoms with Crippen molar-refractivity contribution in [3.8, 4) is 0 Å². The molecule has 6 nitrogen and oxygen atoms in total. The monoisotopic (exact) mass is 402 g/mol. The average Bonchev–Trinajstić information content (AvgIpc) is 3.53. The van der Waals surface area contributed by atoms with Crippen LogP contribution in [0.4, 0.5) is 14.8 Å². The Morgan fingerprint density at radius 3 is 2.48 bits per heavy atom. The molecular weight excluding hydrogens is 378 g/mol. The van der Waals surface area contributed by atoms with Gasteiger partial charge in [-0.3, -0.25) is 4.79 Å². The first-order chi connectivity index (χ1) is 13.9. The molecule has 1 N–H and O–H groups in total. The molecule has 2 aliphatic carbocycles. The first-order valence-electron chi connectivity index (χ1n) is 10.2. The molecule has 0 radical (unpaired) electrons. The number of anilines is 1. The number of carbonyl (C=O) groups is 1. The van der Waals surface area contributed by atoms with E-state index in [0.717, 1.165) is 25.9 Å². The molecule has 29 heavy (non-hydrogen) atoms. The van der Waals surface area contributed by atoms with E-state index in [1.54, 1.807) is 37.3 Å². The molecule has 3 atom stereocenters. The van der Waals surface area contributed by atoms with Gasteiger partial charge in [-0.15, -0.1) is 5.10 Å². The van der Waals surface area contributed by atoms with Gasteiger partial charge in [0.25, 0.3) is 5.92 Å². The van der Waals surface area contributed by atoms with Gasteiger partial charge >= 0.3 is 6.01 Å². The maximum atomic E-state index is 14.3. The Balaban J connectivity index is 1.22. The highest BCUT2D eigenvalue weighted by molar-refractivity contribution is 5.83. The van der Waals surface area contributed by atoms with E-state index in [2.05, 4.69) is 15.5 Å². The van der Waals surface area contributed by atoms with Crippen LogP contribution in [-0.2, 0) is 4.79 Å².